The summed E-state index contributed by atoms with van der Waals surface area (Å²) in [4.78, 5) is 0. The third-order valence-corrected chi connectivity index (χ3v) is 5.54. The maximum absolute atomic E-state index is 9.28. The predicted octanol–water partition coefficient (Wildman–Crippen LogP) is 5.11. The van der Waals surface area contributed by atoms with Crippen molar-refractivity contribution in [3.05, 3.63) is 89.2 Å². The summed E-state index contributed by atoms with van der Waals surface area (Å²) in [6, 6.07) is 24.1. The summed E-state index contributed by atoms with van der Waals surface area (Å²) in [6.45, 7) is 3.97. The molecule has 2 aromatic heterocycles. The third-order valence-electron chi connectivity index (χ3n) is 4.55. The Kier molecular flexibility index (Phi) is 5.41. The van der Waals surface area contributed by atoms with Crippen LogP contribution < -0.4 is 0 Å². The van der Waals surface area contributed by atoms with Crippen LogP contribution in [0.2, 0.25) is 0 Å². The number of thioether (sulfide) groups is 1. The Balaban J connectivity index is 1.43. The number of nitriles is 1. The van der Waals surface area contributed by atoms with Gasteiger partial charge in [-0.1, -0.05) is 54.2 Å². The molecule has 2 aromatic carbocycles. The van der Waals surface area contributed by atoms with E-state index in [1.807, 2.05) is 56.3 Å². The Morgan fingerprint density at radius 3 is 2.41 bits per heavy atom. The highest BCUT2D eigenvalue weighted by Crippen LogP contribution is 2.26. The van der Waals surface area contributed by atoms with Crippen molar-refractivity contribution in [1.29, 1.82) is 5.26 Å². The minimum Gasteiger partial charge on any atom is -0.218 e. The normalized spacial score (nSPS) is 10.7. The van der Waals surface area contributed by atoms with Crippen molar-refractivity contribution in [2.24, 2.45) is 0 Å². The van der Waals surface area contributed by atoms with Crippen molar-refractivity contribution in [3.8, 4) is 23.0 Å². The molecule has 0 saturated heterocycles. The van der Waals surface area contributed by atoms with E-state index in [1.165, 1.54) is 5.56 Å². The molecule has 142 valence electrons. The molecule has 0 saturated carbocycles. The zero-order valence-electron chi connectivity index (χ0n) is 16.2. The van der Waals surface area contributed by atoms with E-state index in [-0.39, 0.29) is 0 Å². The van der Waals surface area contributed by atoms with E-state index in [2.05, 4.69) is 45.6 Å². The zero-order valence-corrected chi connectivity index (χ0v) is 17.0. The standard InChI is InChI=1S/C23H19N5S/c1-16-13-17(2)28(27-16)22-11-12-23(26-25-22)29-15-18-7-9-19(10-8-18)21-6-4-3-5-20(21)14-24/h3-13H,15H2,1-2H3. The molecule has 0 aliphatic rings. The maximum atomic E-state index is 9.28. The van der Waals surface area contributed by atoms with Gasteiger partial charge < -0.3 is 0 Å². The molecular formula is C23H19N5S. The zero-order chi connectivity index (χ0) is 20.2. The number of hydrogen-bond donors (Lipinski definition) is 0. The second-order valence-corrected chi connectivity index (χ2v) is 7.71. The minimum atomic E-state index is 0.688. The van der Waals surface area contributed by atoms with Crippen molar-refractivity contribution >= 4 is 11.8 Å². The lowest BCUT2D eigenvalue weighted by Gasteiger charge is -2.06. The lowest BCUT2D eigenvalue weighted by molar-refractivity contribution is 0.765. The summed E-state index contributed by atoms with van der Waals surface area (Å²) in [6.07, 6.45) is 0. The second-order valence-electron chi connectivity index (χ2n) is 6.71. The van der Waals surface area contributed by atoms with Gasteiger partial charge in [-0.15, -0.1) is 10.2 Å². The van der Waals surface area contributed by atoms with Gasteiger partial charge >= 0.3 is 0 Å². The molecule has 6 heteroatoms. The molecule has 0 bridgehead atoms. The fourth-order valence-corrected chi connectivity index (χ4v) is 3.90. The van der Waals surface area contributed by atoms with Gasteiger partial charge in [0.05, 0.1) is 17.3 Å². The Hall–Kier alpha value is -3.43. The van der Waals surface area contributed by atoms with Crippen LogP contribution in [-0.2, 0) is 5.75 Å². The Labute approximate surface area is 174 Å². The van der Waals surface area contributed by atoms with Gasteiger partial charge in [-0.05, 0) is 54.8 Å². The number of hydrogen-bond acceptors (Lipinski definition) is 5. The van der Waals surface area contributed by atoms with Crippen LogP contribution in [0.15, 0.2) is 71.8 Å². The van der Waals surface area contributed by atoms with Crippen LogP contribution in [0.5, 0.6) is 0 Å². The number of rotatable bonds is 5. The number of nitrogens with zero attached hydrogens (tertiary/aromatic N) is 5. The quantitative estimate of drug-likeness (QED) is 0.438. The summed E-state index contributed by atoms with van der Waals surface area (Å²) in [7, 11) is 0. The molecule has 0 atom stereocenters. The first-order chi connectivity index (χ1) is 14.1. The van der Waals surface area contributed by atoms with Crippen molar-refractivity contribution < 1.29 is 0 Å². The first kappa shape index (κ1) is 18.9. The van der Waals surface area contributed by atoms with Crippen molar-refractivity contribution in [2.45, 2.75) is 24.6 Å². The van der Waals surface area contributed by atoms with Crippen LogP contribution >= 0.6 is 11.8 Å². The van der Waals surface area contributed by atoms with E-state index in [4.69, 9.17) is 0 Å². The van der Waals surface area contributed by atoms with E-state index in [1.54, 1.807) is 16.4 Å². The maximum Gasteiger partial charge on any atom is 0.175 e. The van der Waals surface area contributed by atoms with Crippen LogP contribution in [0.3, 0.4) is 0 Å². The van der Waals surface area contributed by atoms with Crippen LogP contribution in [0, 0.1) is 25.2 Å². The topological polar surface area (TPSA) is 67.4 Å². The summed E-state index contributed by atoms with van der Waals surface area (Å²) in [5, 5.41) is 23.2. The fraction of sp³-hybridized carbons (Fsp3) is 0.130. The smallest absolute Gasteiger partial charge is 0.175 e. The highest BCUT2D eigenvalue weighted by atomic mass is 32.2. The van der Waals surface area contributed by atoms with E-state index in [0.29, 0.717) is 5.56 Å². The Morgan fingerprint density at radius 2 is 1.76 bits per heavy atom. The molecule has 0 fully saturated rings. The van der Waals surface area contributed by atoms with Gasteiger partial charge in [0.25, 0.3) is 0 Å². The second kappa shape index (κ2) is 8.29. The Morgan fingerprint density at radius 1 is 0.966 bits per heavy atom. The molecule has 4 aromatic rings. The molecule has 0 N–H and O–H groups in total. The molecule has 0 radical (unpaired) electrons. The average molecular weight is 398 g/mol. The highest BCUT2D eigenvalue weighted by molar-refractivity contribution is 7.98. The molecule has 0 amide bonds. The van der Waals surface area contributed by atoms with Gasteiger partial charge in [0, 0.05) is 11.4 Å². The number of benzene rings is 2. The van der Waals surface area contributed by atoms with Crippen LogP contribution in [0.25, 0.3) is 16.9 Å². The summed E-state index contributed by atoms with van der Waals surface area (Å²) < 4.78 is 1.80. The molecular weight excluding hydrogens is 378 g/mol. The third kappa shape index (κ3) is 4.20. The van der Waals surface area contributed by atoms with E-state index in [9.17, 15) is 5.26 Å². The molecule has 4 rings (SSSR count). The molecule has 2 heterocycles. The fourth-order valence-electron chi connectivity index (χ4n) is 3.13. The van der Waals surface area contributed by atoms with Gasteiger partial charge in [0.1, 0.15) is 5.03 Å². The van der Waals surface area contributed by atoms with E-state index < -0.39 is 0 Å². The van der Waals surface area contributed by atoms with Crippen LogP contribution in [0.4, 0.5) is 0 Å². The van der Waals surface area contributed by atoms with Gasteiger partial charge in [-0.2, -0.15) is 10.4 Å². The molecule has 29 heavy (non-hydrogen) atoms. The van der Waals surface area contributed by atoms with Crippen molar-refractivity contribution in [2.75, 3.05) is 0 Å². The largest absolute Gasteiger partial charge is 0.218 e. The lowest BCUT2D eigenvalue weighted by Crippen LogP contribution is -2.03. The van der Waals surface area contributed by atoms with Crippen molar-refractivity contribution in [1.82, 2.24) is 20.0 Å². The Bertz CT molecular complexity index is 1170. The average Bonchev–Trinajstić information content (AvgIpc) is 3.11. The summed E-state index contributed by atoms with van der Waals surface area (Å²) >= 11 is 1.64. The first-order valence-electron chi connectivity index (χ1n) is 9.22. The van der Waals surface area contributed by atoms with Gasteiger partial charge in [0.2, 0.25) is 0 Å². The van der Waals surface area contributed by atoms with Crippen molar-refractivity contribution in [3.63, 3.8) is 0 Å². The monoisotopic (exact) mass is 397 g/mol. The van der Waals surface area contributed by atoms with Gasteiger partial charge in [0.15, 0.2) is 5.82 Å². The minimum absolute atomic E-state index is 0.688. The first-order valence-corrected chi connectivity index (χ1v) is 10.2. The predicted molar refractivity (Wildman–Crippen MR) is 115 cm³/mol. The van der Waals surface area contributed by atoms with Crippen LogP contribution in [-0.4, -0.2) is 20.0 Å². The summed E-state index contributed by atoms with van der Waals surface area (Å²) in [5.41, 5.74) is 5.88. The van der Waals surface area contributed by atoms with E-state index in [0.717, 1.165) is 39.1 Å². The number of aromatic nitrogens is 4. The molecule has 0 spiro atoms. The van der Waals surface area contributed by atoms with Gasteiger partial charge in [-0.3, -0.25) is 0 Å². The SMILES string of the molecule is Cc1cc(C)n(-c2ccc(SCc3ccc(-c4ccccc4C#N)cc3)nn2)n1. The van der Waals surface area contributed by atoms with Gasteiger partial charge in [-0.25, -0.2) is 4.68 Å². The highest BCUT2D eigenvalue weighted by Gasteiger charge is 2.07. The molecule has 0 unspecified atom stereocenters. The molecule has 0 aliphatic heterocycles. The van der Waals surface area contributed by atoms with Crippen LogP contribution in [0.1, 0.15) is 22.5 Å². The lowest BCUT2D eigenvalue weighted by atomic mass is 10.00. The van der Waals surface area contributed by atoms with E-state index >= 15 is 0 Å². The number of aryl methyl sites for hydroxylation is 2. The summed E-state index contributed by atoms with van der Waals surface area (Å²) in [5.74, 6) is 1.52. The molecule has 5 nitrogen and oxygen atoms in total. The molecule has 0 aliphatic carbocycles.